The van der Waals surface area contributed by atoms with Gasteiger partial charge in [-0.15, -0.1) is 0 Å². The molecule has 3 aliphatic heterocycles. The van der Waals surface area contributed by atoms with Gasteiger partial charge in [-0.25, -0.2) is 28.8 Å². The molecule has 23 heteroatoms. The van der Waals surface area contributed by atoms with Crippen molar-refractivity contribution in [3.8, 4) is 23.0 Å². The molecule has 6 amide bonds. The van der Waals surface area contributed by atoms with Crippen LogP contribution in [0.25, 0.3) is 0 Å². The number of hydrogen-bond acceptors (Lipinski definition) is 17. The maximum atomic E-state index is 12.2. The summed E-state index contributed by atoms with van der Waals surface area (Å²) in [6.45, 7) is 50.2. The van der Waals surface area contributed by atoms with Crippen molar-refractivity contribution >= 4 is 36.6 Å². The molecule has 0 aromatic heterocycles. The summed E-state index contributed by atoms with van der Waals surface area (Å²) in [5.41, 5.74) is 1.93. The van der Waals surface area contributed by atoms with Crippen LogP contribution in [0.15, 0.2) is 36.4 Å². The lowest BCUT2D eigenvalue weighted by Gasteiger charge is -2.36. The SMILES string of the molecule is CC(C)CNC(=O)O[C@H]1C[C@@H](C)CC[C@@H]1C(C)C.CC(C)[C@@H]1CC[C@@H](C)C[C@H]1OC(=O)NCC1CCCO1.CC(C)[C@@H]1CC[C@@H](C)C[C@H]1OC(=O)NCc1ccc2c(c1)OCO2.CC(C)[C@H]1CC[C@H](C)C[C@@H]1OC(=O)NCc1ccc2c(c1)OCO2.CCNC(=O)O[C@H]1C[C@@H](C)CC[C@@H]1C(C)C.CNC(=O)O[C@H]1C[C@@H](C)CC[C@@H]1C(C)C. The Labute approximate surface area is 705 Å². The van der Waals surface area contributed by atoms with Crippen LogP contribution in [0.5, 0.6) is 23.0 Å². The van der Waals surface area contributed by atoms with Crippen molar-refractivity contribution in [2.75, 3.05) is 46.9 Å². The summed E-state index contributed by atoms with van der Waals surface area (Å²) in [5.74, 6) is 13.7. The predicted octanol–water partition coefficient (Wildman–Crippen LogP) is 21.4. The molecular formula is C94H160N6O17. The standard InChI is InChI=1S/2C19H27NO4.C16H29NO3.C15H29NO2.C13H25NO2.C12H23NO2/c2*1-12(2)15-6-4-13(3)8-17(15)24-19(21)20-10-14-5-7-16-18(9-14)23-11-22-16;1-11(2)14-7-6-12(3)9-15(14)20-16(18)17-10-13-5-4-8-19-13;1-10(2)9-16-15(17)18-14-8-12(5)6-7-13(14)11(3)4;1-5-14-13(15)16-12-8-10(4)6-7-11(12)9(2)3;1-8(2)10-6-5-9(3)7-11(10)15-12(14)13-4/h2*5,7,9,12-13,15,17H,4,6,8,10-11H2,1-3H3,(H,20,21);11-15H,4-10H2,1-3H3,(H,17,18);10-14H,6-9H2,1-5H3,(H,16,17);9-12H,5-8H2,1-4H3,(H,14,15);8-11H,5-7H2,1-4H3,(H,13,14)/t2*13-,15+,17-;12-,13?,14+,15-;12-,13+,14-;10-,11+,12-;9-,10+,11-/m101000/s1. The normalized spacial score (nSPS) is 28.9. The Hall–Kier alpha value is -6.78. The molecule has 0 spiro atoms. The number of fused-ring (bicyclic) bond motifs is 2. The molecule has 6 aliphatic carbocycles. The second-order valence-electron chi connectivity index (χ2n) is 38.3. The Morgan fingerprint density at radius 2 is 0.641 bits per heavy atom. The number of nitrogens with one attached hydrogen (secondary N) is 6. The topological polar surface area (TPSA) is 276 Å². The predicted molar refractivity (Wildman–Crippen MR) is 461 cm³/mol. The monoisotopic (exact) mass is 1650 g/mol. The van der Waals surface area contributed by atoms with E-state index in [1.54, 1.807) is 7.05 Å². The molecule has 1 saturated heterocycles. The first kappa shape index (κ1) is 99.0. The molecule has 11 rings (SSSR count). The van der Waals surface area contributed by atoms with Gasteiger partial charge >= 0.3 is 36.6 Å². The van der Waals surface area contributed by atoms with Gasteiger partial charge in [-0.1, -0.05) is 189 Å². The maximum Gasteiger partial charge on any atom is 0.407 e. The molecular weight excluding hydrogens is 1490 g/mol. The van der Waals surface area contributed by atoms with Gasteiger partial charge in [0, 0.05) is 46.4 Å². The van der Waals surface area contributed by atoms with Crippen LogP contribution in [-0.4, -0.2) is 126 Å². The fraction of sp³-hybridized carbons (Fsp3) is 0.809. The first-order valence-electron chi connectivity index (χ1n) is 45.6. The van der Waals surface area contributed by atoms with Gasteiger partial charge in [0.25, 0.3) is 0 Å². The van der Waals surface area contributed by atoms with Crippen molar-refractivity contribution in [2.24, 2.45) is 112 Å². The number of rotatable bonds is 21. The number of hydrogen-bond donors (Lipinski definition) is 6. The van der Waals surface area contributed by atoms with Crippen LogP contribution >= 0.6 is 0 Å². The number of ether oxygens (including phenoxy) is 11. The first-order chi connectivity index (χ1) is 55.6. The molecule has 668 valence electrons. The minimum Gasteiger partial charge on any atom is -0.454 e. The minimum absolute atomic E-state index is 0.0190. The van der Waals surface area contributed by atoms with Crippen LogP contribution in [0.4, 0.5) is 28.8 Å². The zero-order valence-corrected chi connectivity index (χ0v) is 76.2. The third-order valence-corrected chi connectivity index (χ3v) is 25.7. The van der Waals surface area contributed by atoms with E-state index < -0.39 is 0 Å². The average Bonchev–Trinajstić information content (AvgIpc) is 1.74. The smallest absolute Gasteiger partial charge is 0.407 e. The van der Waals surface area contributed by atoms with E-state index in [0.717, 1.165) is 105 Å². The van der Waals surface area contributed by atoms with E-state index in [9.17, 15) is 28.8 Å². The molecule has 9 aliphatic rings. The molecule has 1 unspecified atom stereocenters. The molecule has 2 aromatic carbocycles. The van der Waals surface area contributed by atoms with E-state index in [1.807, 2.05) is 43.3 Å². The number of carbonyl (C=O) groups excluding carboxylic acids is 6. The maximum absolute atomic E-state index is 12.2. The van der Waals surface area contributed by atoms with Crippen LogP contribution in [0.2, 0.25) is 0 Å². The van der Waals surface area contributed by atoms with Gasteiger partial charge in [0.2, 0.25) is 13.6 Å². The van der Waals surface area contributed by atoms with Crippen molar-refractivity contribution in [1.29, 1.82) is 0 Å². The summed E-state index contributed by atoms with van der Waals surface area (Å²) in [5, 5.41) is 16.6. The fourth-order valence-electron chi connectivity index (χ4n) is 18.5. The zero-order chi connectivity index (χ0) is 86.0. The summed E-state index contributed by atoms with van der Waals surface area (Å²) in [4.78, 5) is 70.8. The van der Waals surface area contributed by atoms with Gasteiger partial charge in [-0.05, 0) is 245 Å². The number of benzene rings is 2. The average molecular weight is 1650 g/mol. The quantitative estimate of drug-likeness (QED) is 0.0634. The van der Waals surface area contributed by atoms with Gasteiger partial charge in [-0.2, -0.15) is 0 Å². The van der Waals surface area contributed by atoms with Crippen molar-refractivity contribution in [3.63, 3.8) is 0 Å². The van der Waals surface area contributed by atoms with Crippen LogP contribution in [-0.2, 0) is 46.2 Å². The Bertz CT molecular complexity index is 3130. The Morgan fingerprint density at radius 3 is 0.915 bits per heavy atom. The van der Waals surface area contributed by atoms with E-state index in [2.05, 4.69) is 170 Å². The number of alkyl carbamates (subject to hydrolysis) is 6. The minimum atomic E-state index is -0.336. The highest BCUT2D eigenvalue weighted by Gasteiger charge is 2.40. The van der Waals surface area contributed by atoms with Crippen LogP contribution < -0.4 is 50.8 Å². The van der Waals surface area contributed by atoms with Gasteiger partial charge in [0.1, 0.15) is 36.6 Å². The van der Waals surface area contributed by atoms with Crippen molar-refractivity contribution in [3.05, 3.63) is 47.5 Å². The zero-order valence-electron chi connectivity index (χ0n) is 76.2. The van der Waals surface area contributed by atoms with E-state index in [4.69, 9.17) is 52.1 Å². The van der Waals surface area contributed by atoms with Crippen molar-refractivity contribution < 1.29 is 80.9 Å². The lowest BCUT2D eigenvalue weighted by Crippen LogP contribution is -2.40. The highest BCUT2D eigenvalue weighted by atomic mass is 16.7. The molecule has 7 fully saturated rings. The van der Waals surface area contributed by atoms with Crippen LogP contribution in [0.3, 0.4) is 0 Å². The Kier molecular flexibility index (Phi) is 43.3. The van der Waals surface area contributed by atoms with E-state index in [-0.39, 0.29) is 92.9 Å². The molecule has 2 aromatic rings. The lowest BCUT2D eigenvalue weighted by molar-refractivity contribution is 0.00402. The van der Waals surface area contributed by atoms with Crippen molar-refractivity contribution in [1.82, 2.24) is 31.9 Å². The second kappa shape index (κ2) is 51.1. The number of carbonyl (C=O) groups is 6. The van der Waals surface area contributed by atoms with Gasteiger partial charge in [0.05, 0.1) is 6.10 Å². The summed E-state index contributed by atoms with van der Waals surface area (Å²) in [6.07, 6.45) is 21.4. The largest absolute Gasteiger partial charge is 0.454 e. The van der Waals surface area contributed by atoms with E-state index in [0.29, 0.717) is 145 Å². The fourth-order valence-corrected chi connectivity index (χ4v) is 18.5. The van der Waals surface area contributed by atoms with Gasteiger partial charge in [0.15, 0.2) is 23.0 Å². The molecule has 6 N–H and O–H groups in total. The lowest BCUT2D eigenvalue weighted by atomic mass is 9.75. The summed E-state index contributed by atoms with van der Waals surface area (Å²) < 4.78 is 60.6. The third kappa shape index (κ3) is 35.1. The highest BCUT2D eigenvalue weighted by Crippen LogP contribution is 2.42. The first-order valence-corrected chi connectivity index (χ1v) is 45.6. The van der Waals surface area contributed by atoms with Gasteiger partial charge < -0.3 is 84.0 Å². The summed E-state index contributed by atoms with van der Waals surface area (Å²) >= 11 is 0. The third-order valence-electron chi connectivity index (χ3n) is 25.7. The molecule has 3 heterocycles. The molecule has 0 bridgehead atoms. The summed E-state index contributed by atoms with van der Waals surface area (Å²) in [7, 11) is 1.61. The molecule has 117 heavy (non-hydrogen) atoms. The van der Waals surface area contributed by atoms with Crippen LogP contribution in [0, 0.1) is 112 Å². The molecule has 6 saturated carbocycles. The van der Waals surface area contributed by atoms with Crippen molar-refractivity contribution in [2.45, 2.75) is 330 Å². The van der Waals surface area contributed by atoms with Crippen LogP contribution in [0.1, 0.15) is 285 Å². The van der Waals surface area contributed by atoms with Gasteiger partial charge in [-0.3, -0.25) is 0 Å². The second-order valence-corrected chi connectivity index (χ2v) is 38.3. The van der Waals surface area contributed by atoms with E-state index >= 15 is 0 Å². The molecule has 23 nitrogen and oxygen atoms in total. The number of amides is 6. The Balaban J connectivity index is 0.000000220. The summed E-state index contributed by atoms with van der Waals surface area (Å²) in [6, 6.07) is 11.4. The Morgan fingerprint density at radius 1 is 0.359 bits per heavy atom. The molecule has 19 atom stereocenters. The molecule has 0 radical (unpaired) electrons. The van der Waals surface area contributed by atoms with E-state index in [1.165, 1.54) is 64.2 Å². The highest BCUT2D eigenvalue weighted by molar-refractivity contribution is 5.69.